The normalized spacial score (nSPS) is 11.2. The Hall–Kier alpha value is -1.59. The second kappa shape index (κ2) is 7.26. The van der Waals surface area contributed by atoms with E-state index in [0.29, 0.717) is 0 Å². The van der Waals surface area contributed by atoms with Gasteiger partial charge in [0.1, 0.15) is 10.7 Å². The van der Waals surface area contributed by atoms with Gasteiger partial charge in [-0.25, -0.2) is 9.78 Å². The van der Waals surface area contributed by atoms with Crippen LogP contribution in [0.1, 0.15) is 17.3 Å². The predicted octanol–water partition coefficient (Wildman–Crippen LogP) is 2.58. The third kappa shape index (κ3) is 4.21. The molecule has 0 fully saturated rings. The maximum Gasteiger partial charge on any atom is 0.343 e. The SMILES string of the molecule is CCOC(=O)C(=CN(C)C)C(=O)c1cnc(Cl)cc1Cl. The Balaban J connectivity index is 3.20. The monoisotopic (exact) mass is 316 g/mol. The molecule has 1 aromatic heterocycles. The number of carbonyl (C=O) groups is 2. The fourth-order valence-electron chi connectivity index (χ4n) is 1.39. The molecular weight excluding hydrogens is 303 g/mol. The summed E-state index contributed by atoms with van der Waals surface area (Å²) in [5, 5.41) is 0.296. The highest BCUT2D eigenvalue weighted by Gasteiger charge is 2.24. The number of halogens is 2. The zero-order chi connectivity index (χ0) is 15.3. The number of hydrogen-bond acceptors (Lipinski definition) is 5. The van der Waals surface area contributed by atoms with Gasteiger partial charge in [0, 0.05) is 26.5 Å². The van der Waals surface area contributed by atoms with Gasteiger partial charge in [-0.1, -0.05) is 23.2 Å². The lowest BCUT2D eigenvalue weighted by Crippen LogP contribution is -2.19. The van der Waals surface area contributed by atoms with E-state index in [1.54, 1.807) is 25.9 Å². The van der Waals surface area contributed by atoms with Crippen molar-refractivity contribution in [3.05, 3.63) is 39.8 Å². The molecule has 0 unspecified atom stereocenters. The van der Waals surface area contributed by atoms with Gasteiger partial charge in [-0.15, -0.1) is 0 Å². The summed E-state index contributed by atoms with van der Waals surface area (Å²) in [5.74, 6) is -1.27. The Kier molecular flexibility index (Phi) is 5.98. The van der Waals surface area contributed by atoms with Gasteiger partial charge in [0.05, 0.1) is 17.2 Å². The number of carbonyl (C=O) groups excluding carboxylic acids is 2. The van der Waals surface area contributed by atoms with Crippen molar-refractivity contribution in [2.24, 2.45) is 0 Å². The zero-order valence-electron chi connectivity index (χ0n) is 11.3. The molecule has 1 heterocycles. The number of rotatable bonds is 5. The molecule has 0 aliphatic rings. The van der Waals surface area contributed by atoms with Crippen molar-refractivity contribution in [2.45, 2.75) is 6.92 Å². The number of aromatic nitrogens is 1. The van der Waals surface area contributed by atoms with E-state index in [0.717, 1.165) is 0 Å². The Labute approximate surface area is 127 Å². The molecule has 0 N–H and O–H groups in total. The number of ketones is 1. The average molecular weight is 317 g/mol. The van der Waals surface area contributed by atoms with Gasteiger partial charge in [0.15, 0.2) is 0 Å². The van der Waals surface area contributed by atoms with E-state index in [9.17, 15) is 9.59 Å². The summed E-state index contributed by atoms with van der Waals surface area (Å²) < 4.78 is 4.87. The van der Waals surface area contributed by atoms with Crippen LogP contribution < -0.4 is 0 Å². The minimum atomic E-state index is -0.711. The Morgan fingerprint density at radius 2 is 2.05 bits per heavy atom. The van der Waals surface area contributed by atoms with E-state index < -0.39 is 11.8 Å². The molecule has 0 radical (unpaired) electrons. The minimum Gasteiger partial charge on any atom is -0.462 e. The van der Waals surface area contributed by atoms with E-state index in [1.165, 1.54) is 18.5 Å². The quantitative estimate of drug-likeness (QED) is 0.209. The van der Waals surface area contributed by atoms with Crippen molar-refractivity contribution < 1.29 is 14.3 Å². The molecule has 0 saturated carbocycles. The Morgan fingerprint density at radius 1 is 1.40 bits per heavy atom. The number of Topliss-reactive ketones (excluding diaryl/α,β-unsaturated/α-hetero) is 1. The summed E-state index contributed by atoms with van der Waals surface area (Å²) in [6.07, 6.45) is 2.61. The fraction of sp³-hybridized carbons (Fsp3) is 0.308. The molecule has 5 nitrogen and oxygen atoms in total. The maximum atomic E-state index is 12.4. The lowest BCUT2D eigenvalue weighted by Gasteiger charge is -2.11. The largest absolute Gasteiger partial charge is 0.462 e. The second-order valence-corrected chi connectivity index (χ2v) is 4.84. The fourth-order valence-corrected chi connectivity index (χ4v) is 1.84. The van der Waals surface area contributed by atoms with E-state index in [1.807, 2.05) is 0 Å². The summed E-state index contributed by atoms with van der Waals surface area (Å²) in [6.45, 7) is 1.83. The van der Waals surface area contributed by atoms with Gasteiger partial charge in [0.2, 0.25) is 5.78 Å². The Morgan fingerprint density at radius 3 is 2.55 bits per heavy atom. The number of esters is 1. The highest BCUT2D eigenvalue weighted by atomic mass is 35.5. The summed E-state index contributed by atoms with van der Waals surface area (Å²) >= 11 is 11.6. The lowest BCUT2D eigenvalue weighted by atomic mass is 10.1. The predicted molar refractivity (Wildman–Crippen MR) is 77.0 cm³/mol. The summed E-state index contributed by atoms with van der Waals surface area (Å²) in [5.41, 5.74) is -0.0277. The second-order valence-electron chi connectivity index (χ2n) is 4.04. The van der Waals surface area contributed by atoms with Crippen molar-refractivity contribution >= 4 is 35.0 Å². The molecule has 0 aliphatic carbocycles. The van der Waals surface area contributed by atoms with Gasteiger partial charge in [0.25, 0.3) is 0 Å². The number of nitrogens with zero attached hydrogens (tertiary/aromatic N) is 2. The molecule has 0 spiro atoms. The van der Waals surface area contributed by atoms with Gasteiger partial charge in [-0.2, -0.15) is 0 Å². The van der Waals surface area contributed by atoms with Gasteiger partial charge >= 0.3 is 5.97 Å². The van der Waals surface area contributed by atoms with Crippen molar-refractivity contribution in [1.82, 2.24) is 9.88 Å². The molecule has 108 valence electrons. The molecule has 0 aromatic carbocycles. The van der Waals surface area contributed by atoms with Crippen LogP contribution in [0.5, 0.6) is 0 Å². The molecule has 7 heteroatoms. The van der Waals surface area contributed by atoms with Crippen molar-refractivity contribution in [3.63, 3.8) is 0 Å². The minimum absolute atomic E-state index is 0.0946. The van der Waals surface area contributed by atoms with Crippen molar-refractivity contribution in [3.8, 4) is 0 Å². The third-order valence-corrected chi connectivity index (χ3v) is 2.71. The van der Waals surface area contributed by atoms with Crippen molar-refractivity contribution in [2.75, 3.05) is 20.7 Å². The maximum absolute atomic E-state index is 12.4. The standard InChI is InChI=1S/C13H14Cl2N2O3/c1-4-20-13(19)9(7-17(2)3)12(18)8-6-16-11(15)5-10(8)14/h5-7H,4H2,1-3H3. The Bertz CT molecular complexity index is 557. The molecule has 1 aromatic rings. The van der Waals surface area contributed by atoms with Crippen LogP contribution in [0.4, 0.5) is 0 Å². The summed E-state index contributed by atoms with van der Waals surface area (Å²) in [6, 6.07) is 1.34. The number of hydrogen-bond donors (Lipinski definition) is 0. The molecular formula is C13H14Cl2N2O3. The lowest BCUT2D eigenvalue weighted by molar-refractivity contribution is -0.138. The van der Waals surface area contributed by atoms with E-state index >= 15 is 0 Å². The van der Waals surface area contributed by atoms with Gasteiger partial charge < -0.3 is 9.64 Å². The molecule has 0 amide bonds. The molecule has 0 saturated heterocycles. The highest BCUT2D eigenvalue weighted by Crippen LogP contribution is 2.22. The van der Waals surface area contributed by atoms with E-state index in [-0.39, 0.29) is 27.9 Å². The molecule has 0 aliphatic heterocycles. The van der Waals surface area contributed by atoms with Crippen LogP contribution in [-0.2, 0) is 9.53 Å². The first kappa shape index (κ1) is 16.5. The van der Waals surface area contributed by atoms with Gasteiger partial charge in [-0.3, -0.25) is 4.79 Å². The van der Waals surface area contributed by atoms with Crippen LogP contribution in [0.3, 0.4) is 0 Å². The smallest absolute Gasteiger partial charge is 0.343 e. The highest BCUT2D eigenvalue weighted by molar-refractivity contribution is 6.38. The average Bonchev–Trinajstić information content (AvgIpc) is 2.35. The topological polar surface area (TPSA) is 59.5 Å². The van der Waals surface area contributed by atoms with Crippen LogP contribution in [0.15, 0.2) is 24.0 Å². The summed E-state index contributed by atoms with van der Waals surface area (Å²) in [4.78, 5) is 29.6. The van der Waals surface area contributed by atoms with E-state index in [4.69, 9.17) is 27.9 Å². The molecule has 0 atom stereocenters. The molecule has 1 rings (SSSR count). The van der Waals surface area contributed by atoms with Gasteiger partial charge in [-0.05, 0) is 13.0 Å². The first-order valence-corrected chi connectivity index (χ1v) is 6.53. The molecule has 0 bridgehead atoms. The number of pyridine rings is 1. The van der Waals surface area contributed by atoms with Crippen LogP contribution >= 0.6 is 23.2 Å². The number of ether oxygens (including phenoxy) is 1. The first-order chi connectivity index (χ1) is 9.36. The van der Waals surface area contributed by atoms with E-state index in [2.05, 4.69) is 4.98 Å². The van der Waals surface area contributed by atoms with Crippen LogP contribution in [0.2, 0.25) is 10.2 Å². The van der Waals surface area contributed by atoms with Crippen molar-refractivity contribution in [1.29, 1.82) is 0 Å². The van der Waals surface area contributed by atoms with Crippen LogP contribution in [0.25, 0.3) is 0 Å². The van der Waals surface area contributed by atoms with Crippen LogP contribution in [-0.4, -0.2) is 42.3 Å². The first-order valence-electron chi connectivity index (χ1n) is 5.78. The molecule has 20 heavy (non-hydrogen) atoms. The summed E-state index contributed by atoms with van der Waals surface area (Å²) in [7, 11) is 3.38. The van der Waals surface area contributed by atoms with Crippen LogP contribution in [0, 0.1) is 0 Å². The third-order valence-electron chi connectivity index (χ3n) is 2.19. The zero-order valence-corrected chi connectivity index (χ0v) is 12.8.